The van der Waals surface area contributed by atoms with Crippen LogP contribution in [-0.2, 0) is 17.4 Å². The molecule has 0 aromatic heterocycles. The van der Waals surface area contributed by atoms with Crippen molar-refractivity contribution >= 4 is 0 Å². The molecule has 2 nitrogen and oxygen atoms in total. The van der Waals surface area contributed by atoms with Crippen LogP contribution in [-0.4, -0.2) is 11.7 Å². The van der Waals surface area contributed by atoms with Crippen molar-refractivity contribution in [1.82, 2.24) is 5.32 Å². The average Bonchev–Trinajstić information content (AvgIpc) is 2.47. The Balaban J connectivity index is 2.18. The molecule has 0 aliphatic heterocycles. The largest absolute Gasteiger partial charge is 0.508 e. The van der Waals surface area contributed by atoms with Crippen LogP contribution >= 0.6 is 0 Å². The van der Waals surface area contributed by atoms with Crippen molar-refractivity contribution in [1.29, 1.82) is 0 Å². The molecular weight excluding hydrogens is 294 g/mol. The van der Waals surface area contributed by atoms with Crippen molar-refractivity contribution in [3.05, 3.63) is 28.8 Å². The maximum absolute atomic E-state index is 10.7. The summed E-state index contributed by atoms with van der Waals surface area (Å²) in [4.78, 5) is 0. The second kappa shape index (κ2) is 7.47. The summed E-state index contributed by atoms with van der Waals surface area (Å²) in [6.45, 7) is 15.2. The second-order valence-corrected chi connectivity index (χ2v) is 9.66. The molecule has 2 heteroatoms. The summed E-state index contributed by atoms with van der Waals surface area (Å²) >= 11 is 0. The molecule has 0 atom stereocenters. The van der Waals surface area contributed by atoms with Crippen LogP contribution in [0.1, 0.15) is 90.3 Å². The molecule has 0 spiro atoms. The van der Waals surface area contributed by atoms with Crippen LogP contribution in [0.4, 0.5) is 0 Å². The number of phenols is 1. The Hall–Kier alpha value is -1.02. The van der Waals surface area contributed by atoms with Crippen LogP contribution in [0.5, 0.6) is 5.75 Å². The minimum atomic E-state index is 0.0284. The molecular formula is C22H37NO. The van der Waals surface area contributed by atoms with Gasteiger partial charge in [-0.3, -0.25) is 0 Å². The number of hydrogen-bond acceptors (Lipinski definition) is 2. The van der Waals surface area contributed by atoms with Gasteiger partial charge in [-0.25, -0.2) is 0 Å². The van der Waals surface area contributed by atoms with E-state index in [0.29, 0.717) is 5.75 Å². The van der Waals surface area contributed by atoms with Gasteiger partial charge < -0.3 is 10.4 Å². The van der Waals surface area contributed by atoms with Crippen LogP contribution in [0.2, 0.25) is 0 Å². The van der Waals surface area contributed by atoms with Crippen LogP contribution < -0.4 is 5.32 Å². The summed E-state index contributed by atoms with van der Waals surface area (Å²) in [6, 6.07) is 4.27. The third kappa shape index (κ3) is 4.99. The van der Waals surface area contributed by atoms with Crippen molar-refractivity contribution < 1.29 is 5.11 Å². The van der Waals surface area contributed by atoms with Gasteiger partial charge in [-0.1, -0.05) is 66.9 Å². The lowest BCUT2D eigenvalue weighted by Crippen LogP contribution is -2.26. The van der Waals surface area contributed by atoms with Crippen LogP contribution in [0.25, 0.3) is 0 Å². The maximum Gasteiger partial charge on any atom is 0.120 e. The normalized spacial score (nSPS) is 17.2. The number of aromatic hydroxyl groups is 1. The summed E-state index contributed by atoms with van der Waals surface area (Å²) < 4.78 is 0. The topological polar surface area (TPSA) is 32.3 Å². The van der Waals surface area contributed by atoms with Crippen molar-refractivity contribution in [3.63, 3.8) is 0 Å². The Morgan fingerprint density at radius 1 is 0.958 bits per heavy atom. The quantitative estimate of drug-likeness (QED) is 0.746. The minimum Gasteiger partial charge on any atom is -0.508 e. The predicted octanol–water partition coefficient (Wildman–Crippen LogP) is 5.66. The summed E-state index contributed by atoms with van der Waals surface area (Å²) in [5, 5.41) is 14.3. The van der Waals surface area contributed by atoms with Gasteiger partial charge in [-0.05, 0) is 53.3 Å². The van der Waals surface area contributed by atoms with Crippen LogP contribution in [0.15, 0.2) is 12.1 Å². The lowest BCUT2D eigenvalue weighted by atomic mass is 9.78. The fourth-order valence-electron chi connectivity index (χ4n) is 3.74. The van der Waals surface area contributed by atoms with E-state index in [9.17, 15) is 5.11 Å². The number of rotatable bonds is 4. The van der Waals surface area contributed by atoms with Crippen LogP contribution in [0, 0.1) is 5.92 Å². The average molecular weight is 332 g/mol. The van der Waals surface area contributed by atoms with Gasteiger partial charge in [0.1, 0.15) is 5.75 Å². The van der Waals surface area contributed by atoms with Gasteiger partial charge >= 0.3 is 0 Å². The molecule has 1 aliphatic rings. The molecule has 0 amide bonds. The van der Waals surface area contributed by atoms with E-state index in [0.717, 1.165) is 24.6 Å². The first-order valence-corrected chi connectivity index (χ1v) is 9.66. The van der Waals surface area contributed by atoms with E-state index < -0.39 is 0 Å². The lowest BCUT2D eigenvalue weighted by molar-refractivity contribution is 0.340. The standard InChI is InChI=1S/C22H37NO/c1-21(2,3)17-12-19(22(4,5)6)18(20(24)13-17)15-23-14-16-10-8-7-9-11-16/h12-13,16,23-24H,7-11,14-15H2,1-6H3. The van der Waals surface area contributed by atoms with E-state index in [-0.39, 0.29) is 10.8 Å². The SMILES string of the molecule is CC(C)(C)c1cc(O)c(CNCC2CCCCC2)c(C(C)(C)C)c1. The number of phenolic OH excluding ortho intramolecular Hbond substituents is 1. The van der Waals surface area contributed by atoms with Gasteiger partial charge in [0, 0.05) is 12.1 Å². The first kappa shape index (κ1) is 19.3. The molecule has 0 radical (unpaired) electrons. The molecule has 1 saturated carbocycles. The fourth-order valence-corrected chi connectivity index (χ4v) is 3.74. The van der Waals surface area contributed by atoms with Gasteiger partial charge in [0.25, 0.3) is 0 Å². The van der Waals surface area contributed by atoms with Gasteiger partial charge in [0.05, 0.1) is 0 Å². The van der Waals surface area contributed by atoms with E-state index in [4.69, 9.17) is 0 Å². The molecule has 1 aliphatic carbocycles. The zero-order chi connectivity index (χ0) is 18.0. The third-order valence-electron chi connectivity index (χ3n) is 5.36. The Kier molecular flexibility index (Phi) is 6.01. The Labute approximate surface area is 149 Å². The van der Waals surface area contributed by atoms with Crippen LogP contribution in [0.3, 0.4) is 0 Å². The highest BCUT2D eigenvalue weighted by molar-refractivity contribution is 5.47. The summed E-state index contributed by atoms with van der Waals surface area (Å²) in [6.07, 6.45) is 6.87. The lowest BCUT2D eigenvalue weighted by Gasteiger charge is -2.29. The molecule has 0 bridgehead atoms. The molecule has 2 N–H and O–H groups in total. The molecule has 24 heavy (non-hydrogen) atoms. The molecule has 0 unspecified atom stereocenters. The van der Waals surface area contributed by atoms with Crippen molar-refractivity contribution in [3.8, 4) is 5.75 Å². The summed E-state index contributed by atoms with van der Waals surface area (Å²) in [5.41, 5.74) is 3.63. The van der Waals surface area contributed by atoms with E-state index in [2.05, 4.69) is 52.9 Å². The monoisotopic (exact) mass is 331 g/mol. The number of nitrogens with one attached hydrogen (secondary N) is 1. The molecule has 1 aromatic rings. The van der Waals surface area contributed by atoms with Gasteiger partial charge in [0.15, 0.2) is 0 Å². The summed E-state index contributed by atoms with van der Waals surface area (Å²) in [7, 11) is 0. The minimum absolute atomic E-state index is 0.0284. The smallest absolute Gasteiger partial charge is 0.120 e. The number of benzene rings is 1. The highest BCUT2D eigenvalue weighted by Gasteiger charge is 2.25. The van der Waals surface area contributed by atoms with Crippen molar-refractivity contribution in [2.45, 2.75) is 91.0 Å². The summed E-state index contributed by atoms with van der Waals surface area (Å²) in [5.74, 6) is 1.26. The van der Waals surface area contributed by atoms with Gasteiger partial charge in [-0.2, -0.15) is 0 Å². The van der Waals surface area contributed by atoms with Gasteiger partial charge in [-0.15, -0.1) is 0 Å². The molecule has 1 aromatic carbocycles. The molecule has 2 rings (SSSR count). The Morgan fingerprint density at radius 3 is 2.12 bits per heavy atom. The molecule has 1 fully saturated rings. The zero-order valence-electron chi connectivity index (χ0n) is 16.6. The van der Waals surface area contributed by atoms with Crippen molar-refractivity contribution in [2.75, 3.05) is 6.54 Å². The first-order valence-electron chi connectivity index (χ1n) is 9.66. The fraction of sp³-hybridized carbons (Fsp3) is 0.727. The molecule has 0 saturated heterocycles. The zero-order valence-corrected chi connectivity index (χ0v) is 16.6. The van der Waals surface area contributed by atoms with E-state index in [1.54, 1.807) is 0 Å². The highest BCUT2D eigenvalue weighted by atomic mass is 16.3. The Bertz CT molecular complexity index is 542. The molecule has 0 heterocycles. The number of hydrogen-bond donors (Lipinski definition) is 2. The third-order valence-corrected chi connectivity index (χ3v) is 5.36. The van der Waals surface area contributed by atoms with E-state index in [1.807, 2.05) is 6.07 Å². The van der Waals surface area contributed by atoms with E-state index >= 15 is 0 Å². The maximum atomic E-state index is 10.7. The highest BCUT2D eigenvalue weighted by Crippen LogP contribution is 2.36. The first-order chi connectivity index (χ1) is 11.1. The van der Waals surface area contributed by atoms with E-state index in [1.165, 1.54) is 43.2 Å². The predicted molar refractivity (Wildman–Crippen MR) is 104 cm³/mol. The van der Waals surface area contributed by atoms with Crippen molar-refractivity contribution in [2.24, 2.45) is 5.92 Å². The molecule has 136 valence electrons. The Morgan fingerprint density at radius 2 is 1.58 bits per heavy atom. The second-order valence-electron chi connectivity index (χ2n) is 9.66. The van der Waals surface area contributed by atoms with Gasteiger partial charge in [0.2, 0.25) is 0 Å².